The van der Waals surface area contributed by atoms with Gasteiger partial charge in [0.1, 0.15) is 31.1 Å². The maximum atomic E-state index is 13.1. The highest BCUT2D eigenvalue weighted by molar-refractivity contribution is 5.97. The standard InChI is InChI=1S/C28H27F3N2O6/c1-16(2)12-19(26(35)33-20-14-37-23-8-3-4-9-24(23)38-15-21(20)34)32-27(36)25-11-10-22(39-25)17-6-5-7-18(13-17)28(29,30)31/h3-11,13,16,19-20H,12,14-15H2,1-2H3,(H,32,36)(H,33,35)/t19-,20?/m0/s1. The van der Waals surface area contributed by atoms with Gasteiger partial charge < -0.3 is 24.5 Å². The Bertz CT molecular complexity index is 1350. The summed E-state index contributed by atoms with van der Waals surface area (Å²) in [6, 6.07) is 12.0. The van der Waals surface area contributed by atoms with Crippen molar-refractivity contribution in [1.82, 2.24) is 10.6 Å². The van der Waals surface area contributed by atoms with E-state index in [9.17, 15) is 27.6 Å². The average Bonchev–Trinajstić information content (AvgIpc) is 3.39. The molecule has 2 aromatic carbocycles. The van der Waals surface area contributed by atoms with Gasteiger partial charge in [-0.05, 0) is 48.7 Å². The maximum absolute atomic E-state index is 13.1. The molecule has 1 unspecified atom stereocenters. The average molecular weight is 545 g/mol. The van der Waals surface area contributed by atoms with E-state index in [1.54, 1.807) is 24.3 Å². The number of fused-ring (bicyclic) bond motifs is 1. The molecule has 1 aliphatic rings. The summed E-state index contributed by atoms with van der Waals surface area (Å²) in [5, 5.41) is 5.24. The van der Waals surface area contributed by atoms with Gasteiger partial charge in [-0.15, -0.1) is 0 Å². The third-order valence-corrected chi connectivity index (χ3v) is 5.96. The number of rotatable bonds is 7. The van der Waals surface area contributed by atoms with Gasteiger partial charge in [0, 0.05) is 5.56 Å². The fourth-order valence-electron chi connectivity index (χ4n) is 3.99. The number of ketones is 1. The summed E-state index contributed by atoms with van der Waals surface area (Å²) in [6.45, 7) is 3.34. The van der Waals surface area contributed by atoms with Crippen LogP contribution in [0.15, 0.2) is 65.1 Å². The van der Waals surface area contributed by atoms with Gasteiger partial charge in [0.25, 0.3) is 5.91 Å². The van der Waals surface area contributed by atoms with Crippen LogP contribution >= 0.6 is 0 Å². The van der Waals surface area contributed by atoms with Crippen molar-refractivity contribution in [1.29, 1.82) is 0 Å². The number of halogens is 3. The number of hydrogen-bond donors (Lipinski definition) is 2. The van der Waals surface area contributed by atoms with E-state index in [0.717, 1.165) is 12.1 Å². The van der Waals surface area contributed by atoms with Gasteiger partial charge in [-0.3, -0.25) is 14.4 Å². The first-order chi connectivity index (χ1) is 18.5. The van der Waals surface area contributed by atoms with Crippen LogP contribution in [0.1, 0.15) is 36.4 Å². The van der Waals surface area contributed by atoms with Gasteiger partial charge in [-0.1, -0.05) is 38.1 Å². The lowest BCUT2D eigenvalue weighted by molar-refractivity contribution is -0.137. The molecule has 0 radical (unpaired) electrons. The van der Waals surface area contributed by atoms with Crippen molar-refractivity contribution < 1.29 is 41.4 Å². The number of nitrogens with one attached hydrogen (secondary N) is 2. The lowest BCUT2D eigenvalue weighted by Gasteiger charge is -2.25. The number of carbonyl (C=O) groups is 3. The highest BCUT2D eigenvalue weighted by Crippen LogP contribution is 2.33. The number of furan rings is 1. The van der Waals surface area contributed by atoms with Crippen LogP contribution in [0.5, 0.6) is 11.5 Å². The molecular weight excluding hydrogens is 517 g/mol. The molecule has 0 bridgehead atoms. The number of carbonyl (C=O) groups excluding carboxylic acids is 3. The number of benzene rings is 2. The predicted molar refractivity (Wildman–Crippen MR) is 134 cm³/mol. The van der Waals surface area contributed by atoms with Gasteiger partial charge in [0.15, 0.2) is 23.0 Å². The van der Waals surface area contributed by atoms with Crippen LogP contribution in [0.2, 0.25) is 0 Å². The van der Waals surface area contributed by atoms with Gasteiger partial charge in [-0.2, -0.15) is 13.2 Å². The number of Topliss-reactive ketones (excluding diaryl/α,β-unsaturated/α-hetero) is 1. The van der Waals surface area contributed by atoms with Crippen molar-refractivity contribution in [2.45, 2.75) is 38.5 Å². The van der Waals surface area contributed by atoms with Gasteiger partial charge in [-0.25, -0.2) is 0 Å². The lowest BCUT2D eigenvalue weighted by Crippen LogP contribution is -2.54. The normalized spacial score (nSPS) is 16.3. The van der Waals surface area contributed by atoms with Crippen LogP contribution in [-0.2, 0) is 15.8 Å². The number of ether oxygens (including phenoxy) is 2. The molecule has 2 amide bonds. The molecule has 2 N–H and O–H groups in total. The van der Waals surface area contributed by atoms with Crippen LogP contribution < -0.4 is 20.1 Å². The van der Waals surface area contributed by atoms with E-state index >= 15 is 0 Å². The highest BCUT2D eigenvalue weighted by Gasteiger charge is 2.32. The van der Waals surface area contributed by atoms with E-state index in [2.05, 4.69) is 10.6 Å². The summed E-state index contributed by atoms with van der Waals surface area (Å²) in [4.78, 5) is 38.7. The van der Waals surface area contributed by atoms with Gasteiger partial charge in [0.2, 0.25) is 5.91 Å². The van der Waals surface area contributed by atoms with Crippen LogP contribution in [0.4, 0.5) is 13.2 Å². The van der Waals surface area contributed by atoms with Crippen LogP contribution in [0, 0.1) is 5.92 Å². The van der Waals surface area contributed by atoms with Crippen molar-refractivity contribution in [2.24, 2.45) is 5.92 Å². The minimum Gasteiger partial charge on any atom is -0.487 e. The summed E-state index contributed by atoms with van der Waals surface area (Å²) in [7, 11) is 0. The Kier molecular flexibility index (Phi) is 8.27. The van der Waals surface area contributed by atoms with E-state index in [1.807, 2.05) is 13.8 Å². The summed E-state index contributed by atoms with van der Waals surface area (Å²) in [6.07, 6.45) is -4.28. The smallest absolute Gasteiger partial charge is 0.416 e. The van der Waals surface area contributed by atoms with Crippen molar-refractivity contribution >= 4 is 17.6 Å². The van der Waals surface area contributed by atoms with E-state index in [0.29, 0.717) is 11.5 Å². The molecule has 1 aromatic heterocycles. The molecule has 0 saturated carbocycles. The Labute approximate surface area is 222 Å². The van der Waals surface area contributed by atoms with Crippen LogP contribution in [-0.4, -0.2) is 42.9 Å². The first-order valence-corrected chi connectivity index (χ1v) is 12.3. The fourth-order valence-corrected chi connectivity index (χ4v) is 3.99. The molecule has 3 aromatic rings. The first-order valence-electron chi connectivity index (χ1n) is 12.3. The summed E-state index contributed by atoms with van der Waals surface area (Å²) < 4.78 is 55.9. The zero-order chi connectivity index (χ0) is 28.2. The van der Waals surface area contributed by atoms with Crippen molar-refractivity contribution in [3.05, 3.63) is 72.0 Å². The Morgan fingerprint density at radius 3 is 2.41 bits per heavy atom. The van der Waals surface area contributed by atoms with E-state index < -0.39 is 41.4 Å². The second-order valence-electron chi connectivity index (χ2n) is 9.47. The number of hydrogen-bond acceptors (Lipinski definition) is 6. The Balaban J connectivity index is 1.45. The summed E-state index contributed by atoms with van der Waals surface area (Å²) in [5.41, 5.74) is -0.704. The predicted octanol–water partition coefficient (Wildman–Crippen LogP) is 4.64. The van der Waals surface area contributed by atoms with E-state index in [4.69, 9.17) is 13.9 Å². The zero-order valence-corrected chi connectivity index (χ0v) is 21.2. The monoisotopic (exact) mass is 544 g/mol. The van der Waals surface area contributed by atoms with Gasteiger partial charge in [0.05, 0.1) is 5.56 Å². The Hall–Kier alpha value is -4.28. The molecule has 0 spiro atoms. The molecule has 2 atom stereocenters. The molecule has 0 aliphatic carbocycles. The Morgan fingerprint density at radius 2 is 1.72 bits per heavy atom. The molecule has 2 heterocycles. The molecule has 4 rings (SSSR count). The third kappa shape index (κ3) is 6.98. The topological polar surface area (TPSA) is 107 Å². The summed E-state index contributed by atoms with van der Waals surface area (Å²) >= 11 is 0. The van der Waals surface area contributed by atoms with E-state index in [1.165, 1.54) is 24.3 Å². The molecule has 39 heavy (non-hydrogen) atoms. The second kappa shape index (κ2) is 11.6. The molecule has 1 aliphatic heterocycles. The molecule has 0 fully saturated rings. The van der Waals surface area contributed by atoms with Crippen LogP contribution in [0.25, 0.3) is 11.3 Å². The largest absolute Gasteiger partial charge is 0.487 e. The van der Waals surface area contributed by atoms with Crippen molar-refractivity contribution in [3.8, 4) is 22.8 Å². The second-order valence-corrected chi connectivity index (χ2v) is 9.47. The fraction of sp³-hybridized carbons (Fsp3) is 0.321. The van der Waals surface area contributed by atoms with E-state index in [-0.39, 0.29) is 42.6 Å². The zero-order valence-electron chi connectivity index (χ0n) is 21.2. The maximum Gasteiger partial charge on any atom is 0.416 e. The Morgan fingerprint density at radius 1 is 1.00 bits per heavy atom. The molecule has 206 valence electrons. The van der Waals surface area contributed by atoms with Gasteiger partial charge >= 0.3 is 6.18 Å². The quantitative estimate of drug-likeness (QED) is 0.449. The van der Waals surface area contributed by atoms with Crippen molar-refractivity contribution in [3.63, 3.8) is 0 Å². The first kappa shape index (κ1) is 27.7. The summed E-state index contributed by atoms with van der Waals surface area (Å²) in [5.74, 6) is -0.992. The lowest BCUT2D eigenvalue weighted by atomic mass is 10.0. The minimum atomic E-state index is -4.53. The number of alkyl halides is 3. The highest BCUT2D eigenvalue weighted by atomic mass is 19.4. The molecule has 0 saturated heterocycles. The number of amides is 2. The van der Waals surface area contributed by atoms with Crippen LogP contribution in [0.3, 0.4) is 0 Å². The molecule has 8 nitrogen and oxygen atoms in total. The van der Waals surface area contributed by atoms with Crippen molar-refractivity contribution in [2.75, 3.05) is 13.2 Å². The SMILES string of the molecule is CC(C)C[C@H](NC(=O)c1ccc(-c2cccc(C(F)(F)F)c2)o1)C(=O)NC1COc2ccccc2OCC1=O. The minimum absolute atomic E-state index is 0.00202. The molecule has 11 heteroatoms. The third-order valence-electron chi connectivity index (χ3n) is 5.96. The number of para-hydroxylation sites is 2. The molecular formula is C28H27F3N2O6.